The van der Waals surface area contributed by atoms with Crippen LogP contribution in [0.4, 0.5) is 0 Å². The molecule has 0 radical (unpaired) electrons. The molecule has 3 heteroatoms. The van der Waals surface area contributed by atoms with Gasteiger partial charge in [0.05, 0.1) is 5.71 Å². The number of hydrogen-bond donors (Lipinski definition) is 1. The van der Waals surface area contributed by atoms with E-state index in [4.69, 9.17) is 5.10 Å². The highest BCUT2D eigenvalue weighted by Crippen LogP contribution is 2.27. The number of hydrazone groups is 1. The molecule has 1 aliphatic rings. The van der Waals surface area contributed by atoms with Crippen molar-refractivity contribution in [2.24, 2.45) is 11.0 Å². The Morgan fingerprint density at radius 1 is 1.14 bits per heavy atom. The molecule has 1 rings (SSSR count). The first kappa shape index (κ1) is 26.6. The summed E-state index contributed by atoms with van der Waals surface area (Å²) >= 11 is 0. The minimum Gasteiger partial charge on any atom is -0.319 e. The highest BCUT2D eigenvalue weighted by molar-refractivity contribution is 5.97. The van der Waals surface area contributed by atoms with E-state index >= 15 is 0 Å². The fourth-order valence-electron chi connectivity index (χ4n) is 3.39. The van der Waals surface area contributed by atoms with E-state index in [0.29, 0.717) is 0 Å². The van der Waals surface area contributed by atoms with Crippen LogP contribution in [0.5, 0.6) is 0 Å². The summed E-state index contributed by atoms with van der Waals surface area (Å²) in [6.45, 7) is 16.2. The molecule has 1 saturated carbocycles. The van der Waals surface area contributed by atoms with E-state index in [0.717, 1.165) is 37.6 Å². The molecule has 0 aromatic heterocycles. The normalized spacial score (nSPS) is 16.4. The zero-order valence-corrected chi connectivity index (χ0v) is 19.7. The summed E-state index contributed by atoms with van der Waals surface area (Å²) < 4.78 is 0. The van der Waals surface area contributed by atoms with Crippen molar-refractivity contribution in [3.05, 3.63) is 36.1 Å². The number of hydrogen-bond acceptors (Lipinski definition) is 3. The molecule has 0 heterocycles. The van der Waals surface area contributed by atoms with E-state index in [1.54, 1.807) is 0 Å². The van der Waals surface area contributed by atoms with Gasteiger partial charge in [-0.3, -0.25) is 5.01 Å². The minimum absolute atomic E-state index is 0.895. The van der Waals surface area contributed by atoms with Crippen molar-refractivity contribution in [1.29, 1.82) is 0 Å². The molecule has 3 nitrogen and oxygen atoms in total. The maximum Gasteiger partial charge on any atom is 0.0604 e. The first-order valence-corrected chi connectivity index (χ1v) is 11.4. The Balaban J connectivity index is 0.00000129. The summed E-state index contributed by atoms with van der Waals surface area (Å²) in [5.74, 6) is 0.895. The fourth-order valence-corrected chi connectivity index (χ4v) is 3.39. The molecule has 0 saturated heterocycles. The van der Waals surface area contributed by atoms with Crippen molar-refractivity contribution in [2.75, 3.05) is 20.1 Å². The van der Waals surface area contributed by atoms with Crippen LogP contribution in [0.1, 0.15) is 92.4 Å². The molecule has 1 aliphatic carbocycles. The van der Waals surface area contributed by atoms with Crippen LogP contribution >= 0.6 is 0 Å². The zero-order chi connectivity index (χ0) is 21.2. The van der Waals surface area contributed by atoms with Crippen molar-refractivity contribution < 1.29 is 0 Å². The lowest BCUT2D eigenvalue weighted by Crippen LogP contribution is -2.25. The largest absolute Gasteiger partial charge is 0.319 e. The maximum absolute atomic E-state index is 4.94. The quantitative estimate of drug-likeness (QED) is 0.232. The average Bonchev–Trinajstić information content (AvgIpc) is 2.73. The van der Waals surface area contributed by atoms with Crippen LogP contribution in [0.3, 0.4) is 0 Å². The molecule has 0 aliphatic heterocycles. The summed E-state index contributed by atoms with van der Waals surface area (Å²) in [5.41, 5.74) is 3.72. The topological polar surface area (TPSA) is 27.6 Å². The first-order valence-electron chi connectivity index (χ1n) is 11.4. The highest BCUT2D eigenvalue weighted by Gasteiger charge is 2.16. The van der Waals surface area contributed by atoms with Crippen LogP contribution in [-0.4, -0.2) is 30.9 Å². The summed E-state index contributed by atoms with van der Waals surface area (Å²) in [6, 6.07) is 0. The number of nitrogens with one attached hydrogen (secondary N) is 1. The lowest BCUT2D eigenvalue weighted by molar-refractivity contribution is 0.271. The van der Waals surface area contributed by atoms with Gasteiger partial charge in [-0.2, -0.15) is 5.10 Å². The van der Waals surface area contributed by atoms with Crippen molar-refractivity contribution in [2.45, 2.75) is 92.4 Å². The predicted molar refractivity (Wildman–Crippen MR) is 128 cm³/mol. The molecule has 28 heavy (non-hydrogen) atoms. The van der Waals surface area contributed by atoms with Gasteiger partial charge in [0.1, 0.15) is 0 Å². The van der Waals surface area contributed by atoms with Crippen LogP contribution in [0.25, 0.3) is 0 Å². The Morgan fingerprint density at radius 2 is 1.82 bits per heavy atom. The molecular formula is C25H47N3. The zero-order valence-electron chi connectivity index (χ0n) is 19.7. The monoisotopic (exact) mass is 389 g/mol. The molecule has 0 spiro atoms. The van der Waals surface area contributed by atoms with Gasteiger partial charge in [0, 0.05) is 25.2 Å². The Hall–Kier alpha value is -1.35. The van der Waals surface area contributed by atoms with Gasteiger partial charge in [-0.15, -0.1) is 6.58 Å². The van der Waals surface area contributed by atoms with Gasteiger partial charge in [-0.25, -0.2) is 0 Å². The fraction of sp³-hybridized carbons (Fsp3) is 0.720. The van der Waals surface area contributed by atoms with Crippen molar-refractivity contribution in [3.8, 4) is 0 Å². The van der Waals surface area contributed by atoms with Gasteiger partial charge in [0.15, 0.2) is 0 Å². The second-order valence-corrected chi connectivity index (χ2v) is 7.78. The third-order valence-corrected chi connectivity index (χ3v) is 5.54. The third kappa shape index (κ3) is 12.2. The molecule has 0 bridgehead atoms. The summed E-state index contributed by atoms with van der Waals surface area (Å²) in [6.07, 6.45) is 18.1. The molecule has 1 fully saturated rings. The van der Waals surface area contributed by atoms with E-state index in [9.17, 15) is 0 Å². The van der Waals surface area contributed by atoms with Crippen LogP contribution in [0.2, 0.25) is 0 Å². The molecular weight excluding hydrogens is 342 g/mol. The number of nitrogens with zero attached hydrogens (tertiary/aromatic N) is 2. The second-order valence-electron chi connectivity index (χ2n) is 7.78. The Labute approximate surface area is 176 Å². The van der Waals surface area contributed by atoms with Gasteiger partial charge < -0.3 is 5.32 Å². The molecule has 162 valence electrons. The number of allylic oxidation sites excluding steroid dienone is 4. The highest BCUT2D eigenvalue weighted by atomic mass is 15.5. The van der Waals surface area contributed by atoms with Gasteiger partial charge >= 0.3 is 0 Å². The van der Waals surface area contributed by atoms with E-state index in [1.807, 2.05) is 13.1 Å². The molecule has 0 atom stereocenters. The summed E-state index contributed by atoms with van der Waals surface area (Å²) in [7, 11) is 2.01. The standard InChI is InChI=1S/C20H37N3.C5H10/c1-6-17(3)18(4)22-23(20(7-2)13-15-21-5)16-14-19-11-9-8-10-12-19;1-3-5-4-2/h6-7,19,21H,8-16H2,1-5H3;3H,1,4-5H2,2H3/b17-6+,20-7+,22-18+;. The Morgan fingerprint density at radius 3 is 2.29 bits per heavy atom. The van der Waals surface area contributed by atoms with Crippen molar-refractivity contribution in [1.82, 2.24) is 10.3 Å². The van der Waals surface area contributed by atoms with Crippen LogP contribution in [0.15, 0.2) is 41.2 Å². The summed E-state index contributed by atoms with van der Waals surface area (Å²) in [4.78, 5) is 0. The van der Waals surface area contributed by atoms with E-state index in [-0.39, 0.29) is 0 Å². The number of rotatable bonds is 11. The van der Waals surface area contributed by atoms with Crippen LogP contribution < -0.4 is 5.32 Å². The predicted octanol–water partition coefficient (Wildman–Crippen LogP) is 7.09. The minimum atomic E-state index is 0.895. The van der Waals surface area contributed by atoms with Gasteiger partial charge in [-0.05, 0) is 59.1 Å². The van der Waals surface area contributed by atoms with Gasteiger partial charge in [0.2, 0.25) is 0 Å². The first-order chi connectivity index (χ1) is 13.5. The van der Waals surface area contributed by atoms with E-state index < -0.39 is 0 Å². The van der Waals surface area contributed by atoms with Crippen molar-refractivity contribution in [3.63, 3.8) is 0 Å². The number of unbranched alkanes of at least 4 members (excludes halogenated alkanes) is 1. The molecule has 1 N–H and O–H groups in total. The third-order valence-electron chi connectivity index (χ3n) is 5.54. The molecule has 0 amide bonds. The summed E-state index contributed by atoms with van der Waals surface area (Å²) in [5, 5.41) is 10.5. The molecule has 0 aromatic rings. The van der Waals surface area contributed by atoms with E-state index in [2.05, 4.69) is 63.7 Å². The van der Waals surface area contributed by atoms with Gasteiger partial charge in [0.25, 0.3) is 0 Å². The maximum atomic E-state index is 4.94. The Bertz CT molecular complexity index is 482. The van der Waals surface area contributed by atoms with Gasteiger partial charge in [-0.1, -0.05) is 63.7 Å². The SMILES string of the molecule is C/C=C(C)/C(C)=N/N(CCC1CCCCC1)/C(=C/C)CCNC.C=CCCC. The smallest absolute Gasteiger partial charge is 0.0604 e. The Kier molecular flexibility index (Phi) is 16.9. The van der Waals surface area contributed by atoms with Crippen LogP contribution in [-0.2, 0) is 0 Å². The second kappa shape index (κ2) is 17.7. The van der Waals surface area contributed by atoms with Crippen LogP contribution in [0, 0.1) is 5.92 Å². The lowest BCUT2D eigenvalue weighted by atomic mass is 9.87. The average molecular weight is 390 g/mol. The molecule has 0 aromatic carbocycles. The molecule has 0 unspecified atom stereocenters. The van der Waals surface area contributed by atoms with E-state index in [1.165, 1.54) is 56.2 Å². The van der Waals surface area contributed by atoms with Crippen molar-refractivity contribution >= 4 is 5.71 Å². The lowest BCUT2D eigenvalue weighted by Gasteiger charge is -2.27.